The van der Waals surface area contributed by atoms with Crippen LogP contribution in [0.15, 0.2) is 18.2 Å². The van der Waals surface area contributed by atoms with Gasteiger partial charge in [-0.05, 0) is 19.1 Å². The maximum atomic E-state index is 13.6. The van der Waals surface area contributed by atoms with Gasteiger partial charge in [0, 0.05) is 18.7 Å². The molecule has 1 aromatic carbocycles. The monoisotopic (exact) mass is 298 g/mol. The zero-order chi connectivity index (χ0) is 12.8. The number of benzene rings is 1. The number of nitrogens with zero attached hydrogens (tertiary/aromatic N) is 2. The number of amides is 1. The van der Waals surface area contributed by atoms with Gasteiger partial charge in [0.2, 0.25) is 5.91 Å². The molecule has 1 rings (SSSR count). The molecule has 17 heavy (non-hydrogen) atoms. The van der Waals surface area contributed by atoms with E-state index in [2.05, 4.69) is 15.9 Å². The third-order valence-electron chi connectivity index (χ3n) is 2.39. The molecule has 5 heteroatoms. The van der Waals surface area contributed by atoms with Gasteiger partial charge in [-0.3, -0.25) is 4.79 Å². The van der Waals surface area contributed by atoms with Crippen molar-refractivity contribution >= 4 is 21.8 Å². The zero-order valence-electron chi connectivity index (χ0n) is 9.41. The normalized spacial score (nSPS) is 9.76. The van der Waals surface area contributed by atoms with E-state index < -0.39 is 5.82 Å². The van der Waals surface area contributed by atoms with Gasteiger partial charge in [-0.1, -0.05) is 22.0 Å². The van der Waals surface area contributed by atoms with Gasteiger partial charge in [0.15, 0.2) is 0 Å². The van der Waals surface area contributed by atoms with Crippen LogP contribution >= 0.6 is 15.9 Å². The van der Waals surface area contributed by atoms with Crippen LogP contribution in [0.4, 0.5) is 4.39 Å². The Morgan fingerprint density at radius 3 is 2.76 bits per heavy atom. The molecule has 0 atom stereocenters. The Labute approximate surface area is 108 Å². The SMILES string of the molecule is CCN(Cc1ccc(C#N)cc1F)C(=O)CBr. The fourth-order valence-electron chi connectivity index (χ4n) is 1.41. The summed E-state index contributed by atoms with van der Waals surface area (Å²) in [5.74, 6) is -0.541. The highest BCUT2D eigenvalue weighted by molar-refractivity contribution is 9.09. The Hall–Kier alpha value is -1.41. The summed E-state index contributed by atoms with van der Waals surface area (Å²) in [5.41, 5.74) is 0.696. The topological polar surface area (TPSA) is 44.1 Å². The van der Waals surface area contributed by atoms with Crippen LogP contribution in [0.2, 0.25) is 0 Å². The summed E-state index contributed by atoms with van der Waals surface area (Å²) in [6.07, 6.45) is 0. The molecule has 90 valence electrons. The lowest BCUT2D eigenvalue weighted by molar-refractivity contribution is -0.128. The summed E-state index contributed by atoms with van der Waals surface area (Å²) in [7, 11) is 0. The second-order valence-electron chi connectivity index (χ2n) is 3.46. The van der Waals surface area contributed by atoms with Crippen LogP contribution in [0.3, 0.4) is 0 Å². The molecule has 1 aromatic rings. The van der Waals surface area contributed by atoms with Crippen molar-refractivity contribution in [3.63, 3.8) is 0 Å². The zero-order valence-corrected chi connectivity index (χ0v) is 11.0. The van der Waals surface area contributed by atoms with Crippen molar-refractivity contribution in [1.29, 1.82) is 5.26 Å². The predicted octanol–water partition coefficient (Wildman–Crippen LogP) is 2.44. The molecule has 0 spiro atoms. The molecular weight excluding hydrogens is 287 g/mol. The van der Waals surface area contributed by atoms with E-state index in [1.807, 2.05) is 13.0 Å². The van der Waals surface area contributed by atoms with E-state index in [1.165, 1.54) is 12.1 Å². The molecule has 0 aliphatic heterocycles. The lowest BCUT2D eigenvalue weighted by atomic mass is 10.1. The molecule has 1 amide bonds. The van der Waals surface area contributed by atoms with Crippen molar-refractivity contribution in [3.8, 4) is 6.07 Å². The first-order valence-electron chi connectivity index (χ1n) is 5.14. The van der Waals surface area contributed by atoms with Crippen molar-refractivity contribution in [2.75, 3.05) is 11.9 Å². The van der Waals surface area contributed by atoms with Crippen molar-refractivity contribution < 1.29 is 9.18 Å². The summed E-state index contributed by atoms with van der Waals surface area (Å²) in [6.45, 7) is 2.57. The van der Waals surface area contributed by atoms with Crippen molar-refractivity contribution in [1.82, 2.24) is 4.90 Å². The molecule has 0 unspecified atom stereocenters. The Bertz CT molecular complexity index is 456. The number of hydrogen-bond donors (Lipinski definition) is 0. The van der Waals surface area contributed by atoms with Crippen LogP contribution in [0.25, 0.3) is 0 Å². The van der Waals surface area contributed by atoms with E-state index in [9.17, 15) is 9.18 Å². The summed E-state index contributed by atoms with van der Waals surface area (Å²) in [4.78, 5) is 13.0. The Morgan fingerprint density at radius 2 is 2.29 bits per heavy atom. The summed E-state index contributed by atoms with van der Waals surface area (Å²) < 4.78 is 13.6. The van der Waals surface area contributed by atoms with E-state index in [-0.39, 0.29) is 23.3 Å². The van der Waals surface area contributed by atoms with E-state index in [1.54, 1.807) is 11.0 Å². The predicted molar refractivity (Wildman–Crippen MR) is 66.0 cm³/mol. The fraction of sp³-hybridized carbons (Fsp3) is 0.333. The molecule has 0 fully saturated rings. The highest BCUT2D eigenvalue weighted by Crippen LogP contribution is 2.13. The van der Waals surface area contributed by atoms with Crippen LogP contribution in [0.5, 0.6) is 0 Å². The van der Waals surface area contributed by atoms with Crippen LogP contribution in [0.1, 0.15) is 18.1 Å². The smallest absolute Gasteiger partial charge is 0.233 e. The highest BCUT2D eigenvalue weighted by atomic mass is 79.9. The van der Waals surface area contributed by atoms with E-state index in [4.69, 9.17) is 5.26 Å². The molecule has 0 bridgehead atoms. The number of hydrogen-bond acceptors (Lipinski definition) is 2. The minimum atomic E-state index is -0.454. The Morgan fingerprint density at radius 1 is 1.59 bits per heavy atom. The molecule has 0 aliphatic carbocycles. The number of halogens is 2. The number of carbonyl (C=O) groups excluding carboxylic acids is 1. The van der Waals surface area contributed by atoms with Crippen molar-refractivity contribution in [2.24, 2.45) is 0 Å². The van der Waals surface area contributed by atoms with Crippen LogP contribution in [-0.2, 0) is 11.3 Å². The third kappa shape index (κ3) is 3.53. The maximum absolute atomic E-state index is 13.6. The van der Waals surface area contributed by atoms with Gasteiger partial charge < -0.3 is 4.90 Å². The molecule has 0 heterocycles. The second kappa shape index (κ2) is 6.36. The second-order valence-corrected chi connectivity index (χ2v) is 4.02. The minimum Gasteiger partial charge on any atom is -0.338 e. The average molecular weight is 299 g/mol. The quantitative estimate of drug-likeness (QED) is 0.802. The van der Waals surface area contributed by atoms with Crippen LogP contribution in [-0.4, -0.2) is 22.7 Å². The molecule has 0 N–H and O–H groups in total. The summed E-state index contributed by atoms with van der Waals surface area (Å²) in [5, 5.41) is 8.84. The molecule has 0 aliphatic rings. The summed E-state index contributed by atoms with van der Waals surface area (Å²) in [6, 6.07) is 6.14. The standard InChI is InChI=1S/C12H12BrFN2O/c1-2-16(12(17)6-13)8-10-4-3-9(7-15)5-11(10)14/h3-5H,2,6,8H2,1H3. The van der Waals surface area contributed by atoms with Crippen LogP contribution in [0, 0.1) is 17.1 Å². The minimum absolute atomic E-state index is 0.0868. The first kappa shape index (κ1) is 13.7. The number of alkyl halides is 1. The van der Waals surface area contributed by atoms with Gasteiger partial charge in [0.05, 0.1) is 17.0 Å². The largest absolute Gasteiger partial charge is 0.338 e. The Balaban J connectivity index is 2.87. The molecular formula is C12H12BrFN2O. The lowest BCUT2D eigenvalue weighted by Gasteiger charge is -2.20. The van der Waals surface area contributed by atoms with Crippen LogP contribution < -0.4 is 0 Å². The van der Waals surface area contributed by atoms with Gasteiger partial charge in [-0.25, -0.2) is 4.39 Å². The maximum Gasteiger partial charge on any atom is 0.233 e. The van der Waals surface area contributed by atoms with E-state index >= 15 is 0 Å². The summed E-state index contributed by atoms with van der Waals surface area (Å²) >= 11 is 3.08. The van der Waals surface area contributed by atoms with Crippen molar-refractivity contribution in [2.45, 2.75) is 13.5 Å². The van der Waals surface area contributed by atoms with Gasteiger partial charge in [-0.15, -0.1) is 0 Å². The first-order valence-corrected chi connectivity index (χ1v) is 6.26. The molecule has 0 radical (unpaired) electrons. The van der Waals surface area contributed by atoms with Crippen molar-refractivity contribution in [3.05, 3.63) is 35.1 Å². The highest BCUT2D eigenvalue weighted by Gasteiger charge is 2.13. The van der Waals surface area contributed by atoms with Gasteiger partial charge in [0.1, 0.15) is 5.82 Å². The molecule has 3 nitrogen and oxygen atoms in total. The number of nitriles is 1. The van der Waals surface area contributed by atoms with Gasteiger partial charge in [0.25, 0.3) is 0 Å². The van der Waals surface area contributed by atoms with E-state index in [0.29, 0.717) is 12.1 Å². The molecule has 0 saturated carbocycles. The molecule has 0 saturated heterocycles. The number of carbonyl (C=O) groups is 1. The lowest BCUT2D eigenvalue weighted by Crippen LogP contribution is -2.31. The number of rotatable bonds is 4. The Kier molecular flexibility index (Phi) is 5.11. The average Bonchev–Trinajstić information content (AvgIpc) is 2.36. The third-order valence-corrected chi connectivity index (χ3v) is 2.87. The van der Waals surface area contributed by atoms with E-state index in [0.717, 1.165) is 0 Å². The van der Waals surface area contributed by atoms with Gasteiger partial charge >= 0.3 is 0 Å². The first-order chi connectivity index (χ1) is 8.12. The fourth-order valence-corrected chi connectivity index (χ4v) is 1.77. The van der Waals surface area contributed by atoms with Gasteiger partial charge in [-0.2, -0.15) is 5.26 Å². The molecule has 0 aromatic heterocycles.